The molecule has 130 valence electrons. The van der Waals surface area contributed by atoms with Gasteiger partial charge in [0.25, 0.3) is 5.91 Å². The second kappa shape index (κ2) is 6.97. The number of carbonyl (C=O) groups is 1. The standard InChI is InChI=1S/C16H14BrClFN5O/c1-9-13(17)14(21-23(9)2)16(25)20-15-11(18)8-24(22-15)7-10-5-3-4-6-12(10)19/h3-6,8H,7H2,1-2H3,(H,20,22,25). The average Bonchev–Trinajstić information content (AvgIpc) is 3.04. The highest BCUT2D eigenvalue weighted by atomic mass is 79.9. The minimum Gasteiger partial charge on any atom is -0.302 e. The first-order valence-corrected chi connectivity index (χ1v) is 8.50. The Morgan fingerprint density at radius 3 is 2.72 bits per heavy atom. The van der Waals surface area contributed by atoms with E-state index in [0.29, 0.717) is 10.0 Å². The highest BCUT2D eigenvalue weighted by molar-refractivity contribution is 9.10. The summed E-state index contributed by atoms with van der Waals surface area (Å²) >= 11 is 9.48. The van der Waals surface area contributed by atoms with Gasteiger partial charge in [0.1, 0.15) is 10.8 Å². The van der Waals surface area contributed by atoms with Crippen LogP contribution in [0.2, 0.25) is 5.02 Å². The molecule has 3 aromatic rings. The predicted octanol–water partition coefficient (Wildman–Crippen LogP) is 3.78. The SMILES string of the molecule is Cc1c(Br)c(C(=O)Nc2nn(Cc3ccccc3F)cc2Cl)nn1C. The van der Waals surface area contributed by atoms with Crippen molar-refractivity contribution in [2.45, 2.75) is 13.5 Å². The quantitative estimate of drug-likeness (QED) is 0.690. The number of nitrogens with one attached hydrogen (secondary N) is 1. The van der Waals surface area contributed by atoms with Crippen LogP contribution in [0.4, 0.5) is 10.2 Å². The summed E-state index contributed by atoms with van der Waals surface area (Å²) < 4.78 is 17.4. The lowest BCUT2D eigenvalue weighted by Crippen LogP contribution is -2.14. The molecule has 0 bridgehead atoms. The molecule has 1 aromatic carbocycles. The fourth-order valence-corrected chi connectivity index (χ4v) is 2.97. The maximum atomic E-state index is 13.7. The summed E-state index contributed by atoms with van der Waals surface area (Å²) in [6.45, 7) is 2.04. The number of nitrogens with zero attached hydrogens (tertiary/aromatic N) is 4. The third kappa shape index (κ3) is 3.59. The largest absolute Gasteiger partial charge is 0.302 e. The number of carbonyl (C=O) groups excluding carboxylic acids is 1. The van der Waals surface area contributed by atoms with E-state index < -0.39 is 5.91 Å². The minimum absolute atomic E-state index is 0.193. The summed E-state index contributed by atoms with van der Waals surface area (Å²) in [5.74, 6) is -0.570. The number of halogens is 3. The van der Waals surface area contributed by atoms with Gasteiger partial charge in [0.2, 0.25) is 0 Å². The molecule has 9 heteroatoms. The average molecular weight is 427 g/mol. The molecule has 0 aliphatic carbocycles. The van der Waals surface area contributed by atoms with Crippen LogP contribution in [0.25, 0.3) is 0 Å². The van der Waals surface area contributed by atoms with Crippen LogP contribution >= 0.6 is 27.5 Å². The number of hydrogen-bond acceptors (Lipinski definition) is 3. The Labute approximate surface area is 156 Å². The van der Waals surface area contributed by atoms with E-state index >= 15 is 0 Å². The molecule has 0 spiro atoms. The monoisotopic (exact) mass is 425 g/mol. The van der Waals surface area contributed by atoms with Crippen LogP contribution in [0.5, 0.6) is 0 Å². The fourth-order valence-electron chi connectivity index (χ4n) is 2.26. The third-order valence-electron chi connectivity index (χ3n) is 3.72. The van der Waals surface area contributed by atoms with E-state index in [1.54, 1.807) is 29.9 Å². The highest BCUT2D eigenvalue weighted by Crippen LogP contribution is 2.24. The molecule has 0 saturated carbocycles. The van der Waals surface area contributed by atoms with Gasteiger partial charge in [0.15, 0.2) is 11.5 Å². The molecular weight excluding hydrogens is 413 g/mol. The molecule has 6 nitrogen and oxygen atoms in total. The Morgan fingerprint density at radius 1 is 1.36 bits per heavy atom. The normalized spacial score (nSPS) is 10.9. The molecule has 25 heavy (non-hydrogen) atoms. The van der Waals surface area contributed by atoms with Crippen molar-refractivity contribution in [1.82, 2.24) is 19.6 Å². The van der Waals surface area contributed by atoms with E-state index in [0.717, 1.165) is 5.69 Å². The third-order valence-corrected chi connectivity index (χ3v) is 4.94. The zero-order valence-corrected chi connectivity index (χ0v) is 15.8. The van der Waals surface area contributed by atoms with Gasteiger partial charge in [0, 0.05) is 18.8 Å². The number of rotatable bonds is 4. The molecule has 0 aliphatic rings. The van der Waals surface area contributed by atoms with Crippen molar-refractivity contribution in [3.8, 4) is 0 Å². The van der Waals surface area contributed by atoms with Crippen molar-refractivity contribution in [2.24, 2.45) is 7.05 Å². The molecule has 0 aliphatic heterocycles. The lowest BCUT2D eigenvalue weighted by molar-refractivity contribution is 0.102. The van der Waals surface area contributed by atoms with E-state index in [1.807, 2.05) is 6.92 Å². The van der Waals surface area contributed by atoms with E-state index in [-0.39, 0.29) is 28.9 Å². The van der Waals surface area contributed by atoms with Gasteiger partial charge in [-0.25, -0.2) is 4.39 Å². The topological polar surface area (TPSA) is 64.7 Å². The number of anilines is 1. The molecule has 0 atom stereocenters. The predicted molar refractivity (Wildman–Crippen MR) is 96.3 cm³/mol. The number of amides is 1. The van der Waals surface area contributed by atoms with Gasteiger partial charge in [-0.05, 0) is 28.9 Å². The maximum absolute atomic E-state index is 13.7. The van der Waals surface area contributed by atoms with Crippen molar-refractivity contribution >= 4 is 39.3 Å². The van der Waals surface area contributed by atoms with Crippen molar-refractivity contribution in [2.75, 3.05) is 5.32 Å². The van der Waals surface area contributed by atoms with Crippen molar-refractivity contribution in [3.63, 3.8) is 0 Å². The van der Waals surface area contributed by atoms with Crippen LogP contribution in [0.1, 0.15) is 21.7 Å². The molecule has 2 aromatic heterocycles. The van der Waals surface area contributed by atoms with Gasteiger partial charge < -0.3 is 5.32 Å². The highest BCUT2D eigenvalue weighted by Gasteiger charge is 2.20. The lowest BCUT2D eigenvalue weighted by Gasteiger charge is -2.03. The van der Waals surface area contributed by atoms with Crippen LogP contribution in [0.15, 0.2) is 34.9 Å². The molecule has 2 heterocycles. The van der Waals surface area contributed by atoms with Crippen LogP contribution in [-0.2, 0) is 13.6 Å². The first kappa shape index (κ1) is 17.6. The molecule has 0 saturated heterocycles. The van der Waals surface area contributed by atoms with Gasteiger partial charge in [-0.3, -0.25) is 14.2 Å². The Kier molecular flexibility index (Phi) is 4.91. The van der Waals surface area contributed by atoms with E-state index in [9.17, 15) is 9.18 Å². The van der Waals surface area contributed by atoms with Gasteiger partial charge in [-0.2, -0.15) is 10.2 Å². The summed E-state index contributed by atoms with van der Waals surface area (Å²) in [5, 5.41) is 11.2. The fraction of sp³-hybridized carbons (Fsp3) is 0.188. The summed E-state index contributed by atoms with van der Waals surface area (Å²) in [6.07, 6.45) is 1.53. The Balaban J connectivity index is 1.80. The molecule has 1 amide bonds. The lowest BCUT2D eigenvalue weighted by atomic mass is 10.2. The molecule has 1 N–H and O–H groups in total. The van der Waals surface area contributed by atoms with Crippen molar-refractivity contribution < 1.29 is 9.18 Å². The molecule has 0 unspecified atom stereocenters. The Morgan fingerprint density at radius 2 is 2.08 bits per heavy atom. The molecule has 3 rings (SSSR count). The van der Waals surface area contributed by atoms with Crippen LogP contribution in [0, 0.1) is 12.7 Å². The second-order valence-electron chi connectivity index (χ2n) is 5.44. The van der Waals surface area contributed by atoms with Crippen molar-refractivity contribution in [3.05, 3.63) is 62.7 Å². The van der Waals surface area contributed by atoms with Gasteiger partial charge >= 0.3 is 0 Å². The number of aryl methyl sites for hydroxylation is 1. The second-order valence-corrected chi connectivity index (χ2v) is 6.64. The number of hydrogen-bond donors (Lipinski definition) is 1. The molecule has 0 fully saturated rings. The van der Waals surface area contributed by atoms with Gasteiger partial charge in [-0.1, -0.05) is 29.8 Å². The van der Waals surface area contributed by atoms with Gasteiger partial charge in [-0.15, -0.1) is 0 Å². The van der Waals surface area contributed by atoms with E-state index in [1.165, 1.54) is 16.9 Å². The first-order valence-electron chi connectivity index (χ1n) is 7.33. The van der Waals surface area contributed by atoms with E-state index in [4.69, 9.17) is 11.6 Å². The Hall–Kier alpha value is -2.19. The zero-order valence-electron chi connectivity index (χ0n) is 13.4. The minimum atomic E-state index is -0.436. The first-order chi connectivity index (χ1) is 11.9. The number of aromatic nitrogens is 4. The number of benzene rings is 1. The van der Waals surface area contributed by atoms with Crippen LogP contribution in [0.3, 0.4) is 0 Å². The summed E-state index contributed by atoms with van der Waals surface area (Å²) in [7, 11) is 1.74. The van der Waals surface area contributed by atoms with Crippen LogP contribution in [-0.4, -0.2) is 25.5 Å². The zero-order chi connectivity index (χ0) is 18.1. The maximum Gasteiger partial charge on any atom is 0.278 e. The summed E-state index contributed by atoms with van der Waals surface area (Å²) in [5.41, 5.74) is 1.53. The van der Waals surface area contributed by atoms with Gasteiger partial charge in [0.05, 0.1) is 16.7 Å². The smallest absolute Gasteiger partial charge is 0.278 e. The molecule has 0 radical (unpaired) electrons. The van der Waals surface area contributed by atoms with Crippen LogP contribution < -0.4 is 5.32 Å². The Bertz CT molecular complexity index is 952. The molecular formula is C16H14BrClFN5O. The summed E-state index contributed by atoms with van der Waals surface area (Å²) in [4.78, 5) is 12.4. The summed E-state index contributed by atoms with van der Waals surface area (Å²) in [6, 6.07) is 6.40. The van der Waals surface area contributed by atoms with Crippen molar-refractivity contribution in [1.29, 1.82) is 0 Å². The van der Waals surface area contributed by atoms with E-state index in [2.05, 4.69) is 31.4 Å².